The summed E-state index contributed by atoms with van der Waals surface area (Å²) in [5, 5.41) is 19.0. The van der Waals surface area contributed by atoms with Crippen molar-refractivity contribution in [2.75, 3.05) is 23.7 Å². The average molecular weight is 438 g/mol. The fourth-order valence-corrected chi connectivity index (χ4v) is 3.57. The highest BCUT2D eigenvalue weighted by Crippen LogP contribution is 2.31. The van der Waals surface area contributed by atoms with Crippen LogP contribution in [-0.4, -0.2) is 55.7 Å². The molecule has 1 aromatic carbocycles. The van der Waals surface area contributed by atoms with Gasteiger partial charge in [0.2, 0.25) is 0 Å². The van der Waals surface area contributed by atoms with Crippen LogP contribution in [0, 0.1) is 0 Å². The lowest BCUT2D eigenvalue weighted by Gasteiger charge is -2.20. The minimum absolute atomic E-state index is 0.188. The first kappa shape index (κ1) is 21.5. The molecule has 0 atom stereocenters. The zero-order valence-electron chi connectivity index (χ0n) is 18.7. The summed E-state index contributed by atoms with van der Waals surface area (Å²) < 4.78 is 7.10. The maximum Gasteiger partial charge on any atom is 0.412 e. The number of likely N-dealkylation sites (tertiary alicyclic amines) is 1. The van der Waals surface area contributed by atoms with Crippen LogP contribution >= 0.6 is 0 Å². The van der Waals surface area contributed by atoms with Crippen molar-refractivity contribution >= 4 is 34.5 Å². The minimum atomic E-state index is -0.639. The van der Waals surface area contributed by atoms with Crippen LogP contribution in [0.5, 0.6) is 0 Å². The van der Waals surface area contributed by atoms with Crippen LogP contribution in [0.15, 0.2) is 30.6 Å². The number of amides is 3. The number of hydrogen-bond donors (Lipinski definition) is 2. The number of rotatable bonds is 3. The van der Waals surface area contributed by atoms with E-state index in [1.54, 1.807) is 48.7 Å². The molecule has 10 heteroatoms. The number of ether oxygens (including phenoxy) is 1. The monoisotopic (exact) mass is 437 g/mol. The van der Waals surface area contributed by atoms with Crippen molar-refractivity contribution in [3.8, 4) is 11.1 Å². The highest BCUT2D eigenvalue weighted by molar-refractivity contribution is 6.01. The molecule has 4 rings (SSSR count). The van der Waals surface area contributed by atoms with E-state index in [0.717, 1.165) is 37.1 Å². The number of aryl methyl sites for hydroxylation is 1. The van der Waals surface area contributed by atoms with E-state index >= 15 is 0 Å². The van der Waals surface area contributed by atoms with Gasteiger partial charge in [0.1, 0.15) is 11.1 Å². The number of aromatic nitrogens is 4. The summed E-state index contributed by atoms with van der Waals surface area (Å²) in [5.74, 6) is 0.348. The van der Waals surface area contributed by atoms with E-state index in [2.05, 4.69) is 25.9 Å². The standard InChI is InChI=1S/C22H27N7O3/c1-22(2,3)32-21(31)24-17-10-14(16-12-23-28(4)13-16)9-15-11-18(26-27-19(15)17)25-20(30)29-7-5-6-8-29/h9-13H,5-8H2,1-4H3,(H,24,31)(H,25,26,30). The number of hydrogen-bond acceptors (Lipinski definition) is 6. The lowest BCUT2D eigenvalue weighted by molar-refractivity contribution is 0.0636. The maximum atomic E-state index is 12.4. The van der Waals surface area contributed by atoms with Gasteiger partial charge in [0.15, 0.2) is 5.82 Å². The number of carbonyl (C=O) groups is 2. The van der Waals surface area contributed by atoms with Crippen LogP contribution in [-0.2, 0) is 11.8 Å². The third kappa shape index (κ3) is 4.96. The Labute approximate surface area is 185 Å². The van der Waals surface area contributed by atoms with E-state index in [0.29, 0.717) is 22.4 Å². The van der Waals surface area contributed by atoms with Crippen molar-refractivity contribution in [1.29, 1.82) is 0 Å². The van der Waals surface area contributed by atoms with Gasteiger partial charge in [-0.05, 0) is 57.4 Å². The predicted molar refractivity (Wildman–Crippen MR) is 121 cm³/mol. The smallest absolute Gasteiger partial charge is 0.412 e. The molecular formula is C22H27N7O3. The molecule has 0 radical (unpaired) electrons. The van der Waals surface area contributed by atoms with Gasteiger partial charge in [-0.2, -0.15) is 5.10 Å². The van der Waals surface area contributed by atoms with Gasteiger partial charge in [0, 0.05) is 37.3 Å². The lowest BCUT2D eigenvalue weighted by Crippen LogP contribution is -2.32. The van der Waals surface area contributed by atoms with E-state index in [9.17, 15) is 9.59 Å². The zero-order valence-corrected chi connectivity index (χ0v) is 18.7. The Balaban J connectivity index is 1.70. The summed E-state index contributed by atoms with van der Waals surface area (Å²) in [5.41, 5.74) is 2.02. The predicted octanol–water partition coefficient (Wildman–Crippen LogP) is 4.01. The van der Waals surface area contributed by atoms with Gasteiger partial charge in [-0.1, -0.05) is 0 Å². The van der Waals surface area contributed by atoms with Crippen LogP contribution in [0.2, 0.25) is 0 Å². The second-order valence-electron chi connectivity index (χ2n) is 8.85. The molecule has 0 bridgehead atoms. The quantitative estimate of drug-likeness (QED) is 0.640. The molecule has 3 amide bonds. The number of urea groups is 1. The molecule has 0 aliphatic carbocycles. The van der Waals surface area contributed by atoms with Gasteiger partial charge in [-0.15, -0.1) is 10.2 Å². The Morgan fingerprint density at radius 2 is 1.78 bits per heavy atom. The zero-order chi connectivity index (χ0) is 22.9. The summed E-state index contributed by atoms with van der Waals surface area (Å²) in [4.78, 5) is 26.6. The molecule has 32 heavy (non-hydrogen) atoms. The van der Waals surface area contributed by atoms with Gasteiger partial charge < -0.3 is 9.64 Å². The number of benzene rings is 1. The molecule has 2 aromatic heterocycles. The van der Waals surface area contributed by atoms with Crippen LogP contribution in [0.1, 0.15) is 33.6 Å². The van der Waals surface area contributed by atoms with Crippen molar-refractivity contribution in [1.82, 2.24) is 24.9 Å². The van der Waals surface area contributed by atoms with Crippen molar-refractivity contribution in [2.45, 2.75) is 39.2 Å². The topological polar surface area (TPSA) is 114 Å². The number of nitrogens with one attached hydrogen (secondary N) is 2. The van der Waals surface area contributed by atoms with E-state index in [-0.39, 0.29) is 6.03 Å². The van der Waals surface area contributed by atoms with Crippen molar-refractivity contribution in [3.05, 3.63) is 30.6 Å². The SMILES string of the molecule is Cn1cc(-c2cc(NC(=O)OC(C)(C)C)c3nnc(NC(=O)N4CCCC4)cc3c2)cn1. The molecule has 0 spiro atoms. The molecule has 3 heterocycles. The summed E-state index contributed by atoms with van der Waals surface area (Å²) in [6, 6.07) is 5.29. The fraction of sp³-hybridized carbons (Fsp3) is 0.409. The van der Waals surface area contributed by atoms with Crippen LogP contribution in [0.4, 0.5) is 21.1 Å². The lowest BCUT2D eigenvalue weighted by atomic mass is 10.0. The van der Waals surface area contributed by atoms with Crippen LogP contribution in [0.3, 0.4) is 0 Å². The molecule has 1 fully saturated rings. The number of fused-ring (bicyclic) bond motifs is 1. The number of anilines is 2. The molecule has 0 unspecified atom stereocenters. The van der Waals surface area contributed by atoms with Gasteiger partial charge in [0.25, 0.3) is 0 Å². The molecule has 168 valence electrons. The summed E-state index contributed by atoms with van der Waals surface area (Å²) in [6.45, 7) is 6.87. The van der Waals surface area contributed by atoms with E-state index in [1.165, 1.54) is 0 Å². The number of carbonyl (C=O) groups excluding carboxylic acids is 2. The molecule has 0 saturated carbocycles. The van der Waals surface area contributed by atoms with Gasteiger partial charge in [-0.3, -0.25) is 15.3 Å². The van der Waals surface area contributed by atoms with Crippen LogP contribution < -0.4 is 10.6 Å². The Morgan fingerprint density at radius 3 is 2.44 bits per heavy atom. The first-order valence-electron chi connectivity index (χ1n) is 10.5. The summed E-state index contributed by atoms with van der Waals surface area (Å²) in [7, 11) is 1.84. The third-order valence-corrected chi connectivity index (χ3v) is 4.99. The molecule has 1 saturated heterocycles. The van der Waals surface area contributed by atoms with Crippen LogP contribution in [0.25, 0.3) is 22.0 Å². The summed E-state index contributed by atoms with van der Waals surface area (Å²) in [6.07, 6.45) is 5.04. The Kier molecular flexibility index (Phi) is 5.68. The summed E-state index contributed by atoms with van der Waals surface area (Å²) >= 11 is 0. The van der Waals surface area contributed by atoms with E-state index < -0.39 is 11.7 Å². The van der Waals surface area contributed by atoms with Gasteiger partial charge >= 0.3 is 12.1 Å². The molecule has 3 aromatic rings. The Hall–Kier alpha value is -3.69. The Morgan fingerprint density at radius 1 is 1.03 bits per heavy atom. The first-order chi connectivity index (χ1) is 15.2. The largest absolute Gasteiger partial charge is 0.444 e. The van der Waals surface area contributed by atoms with Gasteiger partial charge in [0.05, 0.1) is 11.9 Å². The van der Waals surface area contributed by atoms with E-state index in [4.69, 9.17) is 4.74 Å². The maximum absolute atomic E-state index is 12.4. The van der Waals surface area contributed by atoms with Crippen molar-refractivity contribution in [2.24, 2.45) is 7.05 Å². The third-order valence-electron chi connectivity index (χ3n) is 4.99. The molecular weight excluding hydrogens is 410 g/mol. The highest BCUT2D eigenvalue weighted by Gasteiger charge is 2.20. The minimum Gasteiger partial charge on any atom is -0.444 e. The molecule has 1 aliphatic heterocycles. The number of nitrogens with zero attached hydrogens (tertiary/aromatic N) is 5. The molecule has 1 aliphatic rings. The second-order valence-corrected chi connectivity index (χ2v) is 8.85. The Bertz CT molecular complexity index is 1160. The second kappa shape index (κ2) is 8.45. The molecule has 2 N–H and O–H groups in total. The van der Waals surface area contributed by atoms with E-state index in [1.807, 2.05) is 19.3 Å². The normalized spacial score (nSPS) is 13.9. The van der Waals surface area contributed by atoms with Gasteiger partial charge in [-0.25, -0.2) is 9.59 Å². The highest BCUT2D eigenvalue weighted by atomic mass is 16.6. The average Bonchev–Trinajstić information content (AvgIpc) is 3.38. The van der Waals surface area contributed by atoms with Crippen molar-refractivity contribution in [3.63, 3.8) is 0 Å². The molecule has 10 nitrogen and oxygen atoms in total. The first-order valence-corrected chi connectivity index (χ1v) is 10.5. The fourth-order valence-electron chi connectivity index (χ4n) is 3.57. The van der Waals surface area contributed by atoms with Crippen molar-refractivity contribution < 1.29 is 14.3 Å².